The molecule has 0 bridgehead atoms. The Morgan fingerprint density at radius 1 is 1.43 bits per heavy atom. The number of thiazole rings is 1. The zero-order chi connectivity index (χ0) is 15.5. The largest absolute Gasteiger partial charge is 0.465 e. The lowest BCUT2D eigenvalue weighted by molar-refractivity contribution is -0.140. The topological polar surface area (TPSA) is 99.4 Å². The number of benzene rings is 1. The van der Waals surface area contributed by atoms with E-state index in [2.05, 4.69) is 9.72 Å². The van der Waals surface area contributed by atoms with Crippen molar-refractivity contribution in [2.75, 3.05) is 18.1 Å². The van der Waals surface area contributed by atoms with Crippen LogP contribution < -0.4 is 5.73 Å². The van der Waals surface area contributed by atoms with E-state index in [4.69, 9.17) is 5.73 Å². The van der Waals surface area contributed by atoms with Crippen molar-refractivity contribution in [3.8, 4) is 10.6 Å². The van der Waals surface area contributed by atoms with Crippen molar-refractivity contribution in [1.29, 1.82) is 0 Å². The highest BCUT2D eigenvalue weighted by Crippen LogP contribution is 2.30. The predicted molar refractivity (Wildman–Crippen MR) is 80.6 cm³/mol. The number of nitrogens with two attached hydrogens (primary N) is 1. The monoisotopic (exact) mass is 326 g/mol. The van der Waals surface area contributed by atoms with Crippen LogP contribution in [0.4, 0.5) is 5.69 Å². The molecule has 0 aliphatic carbocycles. The van der Waals surface area contributed by atoms with E-state index >= 15 is 0 Å². The van der Waals surface area contributed by atoms with Crippen LogP contribution in [0.25, 0.3) is 10.6 Å². The summed E-state index contributed by atoms with van der Waals surface area (Å²) in [6.07, 6.45) is 1.63. The molecule has 0 saturated heterocycles. The molecule has 0 aliphatic heterocycles. The van der Waals surface area contributed by atoms with Gasteiger partial charge in [-0.1, -0.05) is 0 Å². The zero-order valence-electron chi connectivity index (χ0n) is 11.3. The number of carbonyl (C=O) groups is 1. The molecule has 1 aromatic heterocycles. The lowest BCUT2D eigenvalue weighted by atomic mass is 10.2. The fraction of sp³-hybridized carbons (Fsp3) is 0.231. The first-order valence-electron chi connectivity index (χ1n) is 6.05. The number of hydrogen-bond acceptors (Lipinski definition) is 7. The quantitative estimate of drug-likeness (QED) is 0.663. The highest BCUT2D eigenvalue weighted by Gasteiger charge is 2.17. The second-order valence-corrected chi connectivity index (χ2v) is 7.25. The number of ether oxygens (including phenoxy) is 1. The van der Waals surface area contributed by atoms with Crippen LogP contribution in [0.2, 0.25) is 0 Å². The summed E-state index contributed by atoms with van der Waals surface area (Å²) in [4.78, 5) is 14.9. The Labute approximate surface area is 126 Å². The smallest absolute Gasteiger partial charge is 0.302 e. The number of aromatic nitrogens is 1. The minimum atomic E-state index is -3.54. The summed E-state index contributed by atoms with van der Waals surface area (Å²) in [5.74, 6) is -0.778. The van der Waals surface area contributed by atoms with Crippen LogP contribution in [0.5, 0.6) is 0 Å². The van der Waals surface area contributed by atoms with Crippen molar-refractivity contribution in [3.63, 3.8) is 0 Å². The highest BCUT2D eigenvalue weighted by atomic mass is 32.2. The number of nitrogen functional groups attached to an aromatic ring is 1. The Morgan fingerprint density at radius 3 is 2.81 bits per heavy atom. The maximum atomic E-state index is 12.2. The molecule has 0 fully saturated rings. The second kappa shape index (κ2) is 6.23. The standard InChI is InChI=1S/C13H14N2O4S2/c1-9(16)19-5-7-21(17,18)10-2-3-12(14)11(8-10)13-15-4-6-20-13/h2-4,6,8H,5,7,14H2,1H3. The zero-order valence-corrected chi connectivity index (χ0v) is 12.9. The molecule has 1 aromatic carbocycles. The molecule has 0 saturated carbocycles. The molecule has 0 unspecified atom stereocenters. The first kappa shape index (κ1) is 15.5. The third kappa shape index (κ3) is 3.79. The SMILES string of the molecule is CC(=O)OCCS(=O)(=O)c1ccc(N)c(-c2nccs2)c1. The van der Waals surface area contributed by atoms with Gasteiger partial charge in [0.1, 0.15) is 11.6 Å². The summed E-state index contributed by atoms with van der Waals surface area (Å²) in [5, 5.41) is 2.45. The minimum Gasteiger partial charge on any atom is -0.465 e. The maximum absolute atomic E-state index is 12.2. The lowest BCUT2D eigenvalue weighted by Gasteiger charge is -2.08. The molecule has 2 rings (SSSR count). The third-order valence-electron chi connectivity index (χ3n) is 2.70. The Morgan fingerprint density at radius 2 is 2.19 bits per heavy atom. The molecule has 1 heterocycles. The number of rotatable bonds is 5. The summed E-state index contributed by atoms with van der Waals surface area (Å²) >= 11 is 1.38. The molecule has 8 heteroatoms. The predicted octanol–water partition coefficient (Wildman–Crippen LogP) is 1.73. The van der Waals surface area contributed by atoms with E-state index in [1.54, 1.807) is 11.6 Å². The number of anilines is 1. The molecule has 6 nitrogen and oxygen atoms in total. The van der Waals surface area contributed by atoms with Crippen molar-refractivity contribution in [3.05, 3.63) is 29.8 Å². The fourth-order valence-corrected chi connectivity index (χ4v) is 3.47. The van der Waals surface area contributed by atoms with Crippen molar-refractivity contribution < 1.29 is 17.9 Å². The van der Waals surface area contributed by atoms with E-state index in [0.29, 0.717) is 16.3 Å². The molecule has 2 aromatic rings. The molecule has 0 amide bonds. The van der Waals surface area contributed by atoms with E-state index in [1.165, 1.54) is 36.5 Å². The van der Waals surface area contributed by atoms with E-state index in [-0.39, 0.29) is 17.3 Å². The van der Waals surface area contributed by atoms with Gasteiger partial charge in [-0.15, -0.1) is 11.3 Å². The summed E-state index contributed by atoms with van der Waals surface area (Å²) in [7, 11) is -3.54. The van der Waals surface area contributed by atoms with E-state index < -0.39 is 15.8 Å². The molecule has 2 N–H and O–H groups in total. The highest BCUT2D eigenvalue weighted by molar-refractivity contribution is 7.91. The molecule has 0 aliphatic rings. The van der Waals surface area contributed by atoms with Gasteiger partial charge in [0.15, 0.2) is 9.84 Å². The van der Waals surface area contributed by atoms with Crippen LogP contribution in [-0.4, -0.2) is 31.7 Å². The summed E-state index contributed by atoms with van der Waals surface area (Å²) in [6, 6.07) is 4.47. The van der Waals surface area contributed by atoms with Crippen molar-refractivity contribution >= 4 is 32.8 Å². The van der Waals surface area contributed by atoms with Gasteiger partial charge in [0.05, 0.1) is 10.6 Å². The summed E-state index contributed by atoms with van der Waals surface area (Å²) < 4.78 is 29.1. The first-order valence-corrected chi connectivity index (χ1v) is 8.59. The summed E-state index contributed by atoms with van der Waals surface area (Å²) in [5.41, 5.74) is 6.91. The van der Waals surface area contributed by atoms with Gasteiger partial charge in [0, 0.05) is 29.8 Å². The van der Waals surface area contributed by atoms with E-state index in [1.807, 2.05) is 0 Å². The molecular weight excluding hydrogens is 312 g/mol. The van der Waals surface area contributed by atoms with Crippen LogP contribution in [0.15, 0.2) is 34.7 Å². The summed E-state index contributed by atoms with van der Waals surface area (Å²) in [6.45, 7) is 1.06. The molecule has 21 heavy (non-hydrogen) atoms. The molecule has 112 valence electrons. The van der Waals surface area contributed by atoms with Crippen LogP contribution in [0.3, 0.4) is 0 Å². The number of esters is 1. The maximum Gasteiger partial charge on any atom is 0.302 e. The van der Waals surface area contributed by atoms with Gasteiger partial charge >= 0.3 is 5.97 Å². The van der Waals surface area contributed by atoms with Crippen molar-refractivity contribution in [1.82, 2.24) is 4.98 Å². The molecule has 0 radical (unpaired) electrons. The molecule has 0 atom stereocenters. The van der Waals surface area contributed by atoms with Crippen LogP contribution >= 0.6 is 11.3 Å². The Bertz CT molecular complexity index is 740. The van der Waals surface area contributed by atoms with Crippen molar-refractivity contribution in [2.45, 2.75) is 11.8 Å². The number of nitrogens with zero attached hydrogens (tertiary/aromatic N) is 1. The van der Waals surface area contributed by atoms with Gasteiger partial charge in [0.2, 0.25) is 0 Å². The lowest BCUT2D eigenvalue weighted by Crippen LogP contribution is -2.14. The van der Waals surface area contributed by atoms with Crippen LogP contribution in [0, 0.1) is 0 Å². The van der Waals surface area contributed by atoms with Crippen LogP contribution in [-0.2, 0) is 19.4 Å². The second-order valence-electron chi connectivity index (χ2n) is 4.25. The Balaban J connectivity index is 2.28. The minimum absolute atomic E-state index is 0.133. The van der Waals surface area contributed by atoms with Crippen LogP contribution in [0.1, 0.15) is 6.92 Å². The van der Waals surface area contributed by atoms with Crippen molar-refractivity contribution in [2.24, 2.45) is 0 Å². The normalized spacial score (nSPS) is 11.3. The molecule has 0 spiro atoms. The number of hydrogen-bond donors (Lipinski definition) is 1. The molecular formula is C13H14N2O4S2. The number of carbonyl (C=O) groups excluding carboxylic acids is 1. The Kier molecular flexibility index (Phi) is 4.59. The van der Waals surface area contributed by atoms with Gasteiger partial charge in [-0.2, -0.15) is 0 Å². The third-order valence-corrected chi connectivity index (χ3v) is 5.19. The van der Waals surface area contributed by atoms with Gasteiger partial charge < -0.3 is 10.5 Å². The number of sulfone groups is 1. The van der Waals surface area contributed by atoms with Gasteiger partial charge in [-0.05, 0) is 18.2 Å². The van der Waals surface area contributed by atoms with E-state index in [0.717, 1.165) is 0 Å². The first-order chi connectivity index (χ1) is 9.90. The average molecular weight is 326 g/mol. The fourth-order valence-electron chi connectivity index (χ4n) is 1.68. The van der Waals surface area contributed by atoms with E-state index in [9.17, 15) is 13.2 Å². The van der Waals surface area contributed by atoms with Gasteiger partial charge in [-0.3, -0.25) is 4.79 Å². The Hall–Kier alpha value is -1.93. The average Bonchev–Trinajstić information content (AvgIpc) is 2.92. The van der Waals surface area contributed by atoms with Gasteiger partial charge in [0.25, 0.3) is 0 Å². The van der Waals surface area contributed by atoms with Gasteiger partial charge in [-0.25, -0.2) is 13.4 Å².